The molecule has 4 rings (SSSR count). The van der Waals surface area contributed by atoms with Crippen molar-refractivity contribution >= 4 is 23.5 Å². The fourth-order valence-corrected chi connectivity index (χ4v) is 2.99. The number of aromatic nitrogens is 4. The van der Waals surface area contributed by atoms with Crippen molar-refractivity contribution in [1.29, 1.82) is 0 Å². The van der Waals surface area contributed by atoms with E-state index in [4.69, 9.17) is 45.6 Å². The van der Waals surface area contributed by atoms with E-state index in [-0.39, 0.29) is 34.8 Å². The highest BCUT2D eigenvalue weighted by Crippen LogP contribution is 2.24. The maximum atomic E-state index is 11.1. The van der Waals surface area contributed by atoms with E-state index in [2.05, 4.69) is 25.0 Å². The van der Waals surface area contributed by atoms with Crippen molar-refractivity contribution in [3.05, 3.63) is 58.1 Å². The van der Waals surface area contributed by atoms with Crippen LogP contribution in [0.15, 0.2) is 24.2 Å². The van der Waals surface area contributed by atoms with Gasteiger partial charge in [0.25, 0.3) is 11.8 Å². The van der Waals surface area contributed by atoms with Crippen LogP contribution in [0.5, 0.6) is 0 Å². The molecule has 1 fully saturated rings. The number of nitrogen functional groups attached to an aromatic ring is 2. The van der Waals surface area contributed by atoms with E-state index in [0.29, 0.717) is 32.8 Å². The summed E-state index contributed by atoms with van der Waals surface area (Å²) in [5, 5.41) is 9.89. The molecule has 0 aromatic carbocycles. The van der Waals surface area contributed by atoms with Gasteiger partial charge in [0.2, 0.25) is 6.04 Å². The summed E-state index contributed by atoms with van der Waals surface area (Å²) in [5.41, 5.74) is 22.1. The quantitative estimate of drug-likeness (QED) is 0.387. The van der Waals surface area contributed by atoms with E-state index in [0.717, 1.165) is 12.1 Å². The number of amides is 2. The number of anilines is 2. The summed E-state index contributed by atoms with van der Waals surface area (Å²) < 4.78 is 11.8. The van der Waals surface area contributed by atoms with E-state index >= 15 is 0 Å². The van der Waals surface area contributed by atoms with E-state index in [1.807, 2.05) is 6.08 Å². The van der Waals surface area contributed by atoms with Gasteiger partial charge in [0.15, 0.2) is 11.5 Å². The van der Waals surface area contributed by atoms with Crippen LogP contribution in [0.2, 0.25) is 0 Å². The standard InChI is InChI=1S/C10H13N5O2.C6H7NO.C4H6N4O/c1-13-7-2-3-17-5-8(7)15-4-6(10(12)16)9(11)14-15;1-7-6-2-4-8-5-3-6;5-3-2(4(6)9)1-7-8-3/h4,7-8H,2-3,5H2,(H2,11,14)(H2,12,16);2H,3-5H2;1H,(H2,6,9)(H3,5,7,8)/t7-,8?;;/m0../s1. The number of H-pyrrole nitrogens is 1. The van der Waals surface area contributed by atoms with Crippen LogP contribution >= 0.6 is 0 Å². The van der Waals surface area contributed by atoms with Crippen molar-refractivity contribution in [2.24, 2.45) is 11.5 Å². The average molecular weight is 470 g/mol. The van der Waals surface area contributed by atoms with Crippen molar-refractivity contribution in [3.8, 4) is 0 Å². The van der Waals surface area contributed by atoms with Gasteiger partial charge in [-0.3, -0.25) is 19.4 Å². The minimum Gasteiger partial charge on any atom is -0.383 e. The Kier molecular flexibility index (Phi) is 9.57. The van der Waals surface area contributed by atoms with Crippen LogP contribution in [0.25, 0.3) is 9.69 Å². The van der Waals surface area contributed by atoms with Crippen LogP contribution in [0.4, 0.5) is 11.6 Å². The third-order valence-corrected chi connectivity index (χ3v) is 4.84. The first-order valence-corrected chi connectivity index (χ1v) is 10.1. The minimum absolute atomic E-state index is 0.0896. The molecule has 2 aliphatic rings. The molecule has 0 aliphatic carbocycles. The van der Waals surface area contributed by atoms with Crippen LogP contribution < -0.4 is 22.9 Å². The molecular formula is C20H26N10O4. The Morgan fingerprint density at radius 1 is 1.15 bits per heavy atom. The lowest BCUT2D eigenvalue weighted by molar-refractivity contribution is 0.0506. The van der Waals surface area contributed by atoms with Crippen molar-refractivity contribution in [3.63, 3.8) is 0 Å². The molecule has 2 aromatic heterocycles. The summed E-state index contributed by atoms with van der Waals surface area (Å²) in [4.78, 5) is 28.3. The topological polar surface area (TPSA) is 212 Å². The maximum Gasteiger partial charge on any atom is 0.254 e. The first-order chi connectivity index (χ1) is 16.3. The summed E-state index contributed by atoms with van der Waals surface area (Å²) >= 11 is 0. The van der Waals surface area contributed by atoms with Crippen LogP contribution in [-0.2, 0) is 9.47 Å². The molecule has 9 N–H and O–H groups in total. The lowest BCUT2D eigenvalue weighted by Gasteiger charge is -2.23. The molecule has 180 valence electrons. The van der Waals surface area contributed by atoms with Gasteiger partial charge in [-0.25, -0.2) is 11.4 Å². The van der Waals surface area contributed by atoms with Crippen molar-refractivity contribution in [2.45, 2.75) is 24.9 Å². The molecule has 1 saturated heterocycles. The number of ether oxygens (including phenoxy) is 2. The molecule has 14 heteroatoms. The smallest absolute Gasteiger partial charge is 0.254 e. The molecule has 4 heterocycles. The predicted molar refractivity (Wildman–Crippen MR) is 122 cm³/mol. The van der Waals surface area contributed by atoms with Gasteiger partial charge in [0.1, 0.15) is 23.0 Å². The monoisotopic (exact) mass is 470 g/mol. The van der Waals surface area contributed by atoms with Gasteiger partial charge in [-0.2, -0.15) is 10.2 Å². The molecule has 2 aromatic rings. The molecule has 2 amide bonds. The second-order valence-corrected chi connectivity index (χ2v) is 7.09. The molecule has 0 radical (unpaired) electrons. The number of primary amides is 2. The number of hydrogen-bond acceptors (Lipinski definition) is 8. The number of hydrogen-bond donors (Lipinski definition) is 5. The molecule has 2 aliphatic heterocycles. The van der Waals surface area contributed by atoms with E-state index in [1.54, 1.807) is 0 Å². The molecule has 14 nitrogen and oxygen atoms in total. The zero-order valence-corrected chi connectivity index (χ0v) is 18.3. The fraction of sp³-hybridized carbons (Fsp3) is 0.400. The number of carbonyl (C=O) groups is 2. The van der Waals surface area contributed by atoms with Gasteiger partial charge in [-0.15, -0.1) is 0 Å². The summed E-state index contributed by atoms with van der Waals surface area (Å²) in [5.74, 6) is -0.889. The van der Waals surface area contributed by atoms with Gasteiger partial charge in [-0.1, -0.05) is 6.08 Å². The molecule has 0 saturated carbocycles. The van der Waals surface area contributed by atoms with Crippen LogP contribution in [-0.4, -0.2) is 64.3 Å². The number of nitrogens with two attached hydrogens (primary N) is 4. The van der Waals surface area contributed by atoms with E-state index in [1.165, 1.54) is 17.1 Å². The van der Waals surface area contributed by atoms with Gasteiger partial charge >= 0.3 is 0 Å². The third-order valence-electron chi connectivity index (χ3n) is 4.84. The SMILES string of the molecule is NC(=O)c1cn[nH]c1N.[C-]#[N+]C1=CCOCC1.[C-]#[N+][C@H]1CCOCC1n1cc(C(N)=O)c(N)n1. The highest BCUT2D eigenvalue weighted by molar-refractivity contribution is 5.97. The van der Waals surface area contributed by atoms with Crippen molar-refractivity contribution in [1.82, 2.24) is 20.0 Å². The van der Waals surface area contributed by atoms with Gasteiger partial charge in [0, 0.05) is 25.6 Å². The Labute approximate surface area is 195 Å². The lowest BCUT2D eigenvalue weighted by Crippen LogP contribution is -2.32. The molecule has 1 unspecified atom stereocenters. The van der Waals surface area contributed by atoms with E-state index in [9.17, 15) is 9.59 Å². The van der Waals surface area contributed by atoms with Gasteiger partial charge in [-0.05, 0) is 0 Å². The first kappa shape index (κ1) is 25.9. The zero-order valence-electron chi connectivity index (χ0n) is 18.3. The normalized spacial score (nSPS) is 19.1. The van der Waals surface area contributed by atoms with Crippen LogP contribution in [0.1, 0.15) is 39.6 Å². The van der Waals surface area contributed by atoms with Crippen LogP contribution in [0, 0.1) is 13.1 Å². The second-order valence-electron chi connectivity index (χ2n) is 7.09. The van der Waals surface area contributed by atoms with Crippen LogP contribution in [0.3, 0.4) is 0 Å². The number of rotatable bonds is 3. The molecule has 0 spiro atoms. The fourth-order valence-electron chi connectivity index (χ4n) is 2.99. The van der Waals surface area contributed by atoms with Gasteiger partial charge < -0.3 is 37.3 Å². The Balaban J connectivity index is 0.000000201. The number of aromatic amines is 1. The number of nitrogens with one attached hydrogen (secondary N) is 1. The second kappa shape index (κ2) is 12.6. The third kappa shape index (κ3) is 7.06. The van der Waals surface area contributed by atoms with E-state index < -0.39 is 11.8 Å². The Hall–Kier alpha value is -4.40. The molecular weight excluding hydrogens is 444 g/mol. The highest BCUT2D eigenvalue weighted by atomic mass is 16.5. The Morgan fingerprint density at radius 2 is 1.88 bits per heavy atom. The number of nitrogens with zero attached hydrogens (tertiary/aromatic N) is 5. The molecule has 2 atom stereocenters. The summed E-state index contributed by atoms with van der Waals surface area (Å²) in [6, 6.07) is -0.416. The predicted octanol–water partition coefficient (Wildman–Crippen LogP) is 0.114. The molecule has 34 heavy (non-hydrogen) atoms. The summed E-state index contributed by atoms with van der Waals surface area (Å²) in [6.07, 6.45) is 6.05. The van der Waals surface area contributed by atoms with Crippen molar-refractivity contribution in [2.75, 3.05) is 37.9 Å². The summed E-state index contributed by atoms with van der Waals surface area (Å²) in [6.45, 7) is 16.0. The largest absolute Gasteiger partial charge is 0.383 e. The van der Waals surface area contributed by atoms with Crippen molar-refractivity contribution < 1.29 is 19.1 Å². The Bertz CT molecular complexity index is 1110. The molecule has 0 bridgehead atoms. The summed E-state index contributed by atoms with van der Waals surface area (Å²) in [7, 11) is 0. The first-order valence-electron chi connectivity index (χ1n) is 10.1. The minimum atomic E-state index is -0.621. The van der Waals surface area contributed by atoms with Gasteiger partial charge in [0.05, 0.1) is 32.6 Å². The maximum absolute atomic E-state index is 11.1. The highest BCUT2D eigenvalue weighted by Gasteiger charge is 2.33. The zero-order chi connectivity index (χ0) is 25.1. The number of carbonyl (C=O) groups excluding carboxylic acids is 2. The average Bonchev–Trinajstić information content (AvgIpc) is 3.46. The Morgan fingerprint density at radius 3 is 2.32 bits per heavy atom. The lowest BCUT2D eigenvalue weighted by atomic mass is 10.1.